The number of rotatable bonds is 3. The molecule has 30 heavy (non-hydrogen) atoms. The van der Waals surface area contributed by atoms with Crippen molar-refractivity contribution in [1.29, 1.82) is 0 Å². The number of nitrogen functional groups attached to an aromatic ring is 1. The molecule has 5 rings (SSSR count). The van der Waals surface area contributed by atoms with E-state index in [1.807, 2.05) is 31.4 Å². The third-order valence-corrected chi connectivity index (χ3v) is 5.92. The van der Waals surface area contributed by atoms with Gasteiger partial charge in [-0.2, -0.15) is 5.10 Å². The molecule has 0 fully saturated rings. The summed E-state index contributed by atoms with van der Waals surface area (Å²) in [6.45, 7) is 3.96. The molecule has 11 heteroatoms. The lowest BCUT2D eigenvalue weighted by atomic mass is 10.0. The predicted octanol–water partition coefficient (Wildman–Crippen LogP) is 1.02. The second-order valence-electron chi connectivity index (χ2n) is 6.91. The smallest absolute Gasteiger partial charge is 0.268 e. The minimum Gasteiger partial charge on any atom is -0.383 e. The number of thiophene rings is 1. The van der Waals surface area contributed by atoms with E-state index in [2.05, 4.69) is 20.1 Å². The Morgan fingerprint density at radius 3 is 2.80 bits per heavy atom. The van der Waals surface area contributed by atoms with E-state index in [9.17, 15) is 4.79 Å². The van der Waals surface area contributed by atoms with Gasteiger partial charge in [-0.3, -0.25) is 4.79 Å². The van der Waals surface area contributed by atoms with Crippen LogP contribution in [-0.4, -0.2) is 42.1 Å². The van der Waals surface area contributed by atoms with Crippen LogP contribution in [0.5, 0.6) is 0 Å². The number of anilines is 1. The summed E-state index contributed by atoms with van der Waals surface area (Å²) >= 11 is 1.43. The van der Waals surface area contributed by atoms with E-state index < -0.39 is 0 Å². The Balaban J connectivity index is 1.80. The third kappa shape index (κ3) is 2.70. The first kappa shape index (κ1) is 18.4. The van der Waals surface area contributed by atoms with Gasteiger partial charge in [0.1, 0.15) is 43.0 Å². The summed E-state index contributed by atoms with van der Waals surface area (Å²) < 4.78 is 3.11. The number of nitrogens with two attached hydrogens (primary N) is 1. The SMILES string of the molecule is [B]c1nn(Cc2nc3scc(C)c3c(=O)n2-c2ncccc2C)c2ncnc(N)c12. The Hall–Kier alpha value is -3.60. The van der Waals surface area contributed by atoms with Crippen LogP contribution in [0.2, 0.25) is 0 Å². The van der Waals surface area contributed by atoms with E-state index >= 15 is 0 Å². The molecule has 146 valence electrons. The van der Waals surface area contributed by atoms with Crippen LogP contribution in [0, 0.1) is 13.8 Å². The lowest BCUT2D eigenvalue weighted by molar-refractivity contribution is 0.650. The van der Waals surface area contributed by atoms with Gasteiger partial charge in [0.05, 0.1) is 10.8 Å². The van der Waals surface area contributed by atoms with Crippen LogP contribution < -0.4 is 16.9 Å². The number of fused-ring (bicyclic) bond motifs is 2. The lowest BCUT2D eigenvalue weighted by Crippen LogP contribution is -2.27. The number of hydrogen-bond donors (Lipinski definition) is 1. The normalized spacial score (nSPS) is 11.5. The van der Waals surface area contributed by atoms with Crippen molar-refractivity contribution in [3.63, 3.8) is 0 Å². The zero-order chi connectivity index (χ0) is 21.0. The topological polar surface area (TPSA) is 117 Å². The molecule has 0 bridgehead atoms. The van der Waals surface area contributed by atoms with Crippen molar-refractivity contribution in [2.24, 2.45) is 0 Å². The molecule has 2 N–H and O–H groups in total. The Morgan fingerprint density at radius 2 is 2.00 bits per heavy atom. The van der Waals surface area contributed by atoms with Gasteiger partial charge in [-0.1, -0.05) is 6.07 Å². The average Bonchev–Trinajstić information content (AvgIpc) is 3.24. The molecule has 0 saturated heterocycles. The minimum atomic E-state index is -0.172. The molecule has 5 heterocycles. The van der Waals surface area contributed by atoms with Crippen molar-refractivity contribution in [2.45, 2.75) is 20.4 Å². The first-order valence-corrected chi connectivity index (χ1v) is 9.98. The van der Waals surface area contributed by atoms with Crippen molar-refractivity contribution >= 4 is 51.8 Å². The third-order valence-electron chi connectivity index (χ3n) is 4.93. The Kier molecular flexibility index (Phi) is 4.14. The van der Waals surface area contributed by atoms with Crippen LogP contribution in [0.3, 0.4) is 0 Å². The Morgan fingerprint density at radius 1 is 1.17 bits per heavy atom. The van der Waals surface area contributed by atoms with Crippen molar-refractivity contribution < 1.29 is 0 Å². The molecular formula is C19H15BN8OS. The van der Waals surface area contributed by atoms with Crippen LogP contribution in [0.25, 0.3) is 27.1 Å². The highest BCUT2D eigenvalue weighted by atomic mass is 32.1. The fourth-order valence-electron chi connectivity index (χ4n) is 3.51. The summed E-state index contributed by atoms with van der Waals surface area (Å²) in [5, 5.41) is 7.35. The summed E-state index contributed by atoms with van der Waals surface area (Å²) in [5.41, 5.74) is 8.20. The second kappa shape index (κ2) is 6.73. The molecular weight excluding hydrogens is 399 g/mol. The van der Waals surface area contributed by atoms with Crippen LogP contribution >= 0.6 is 11.3 Å². The van der Waals surface area contributed by atoms with E-state index in [0.29, 0.717) is 32.9 Å². The Bertz CT molecular complexity index is 1500. The van der Waals surface area contributed by atoms with Crippen molar-refractivity contribution in [2.75, 3.05) is 5.73 Å². The van der Waals surface area contributed by atoms with E-state index in [4.69, 9.17) is 18.6 Å². The number of pyridine rings is 1. The summed E-state index contributed by atoms with van der Waals surface area (Å²) in [6.07, 6.45) is 3.00. The van der Waals surface area contributed by atoms with E-state index in [0.717, 1.165) is 11.1 Å². The monoisotopic (exact) mass is 414 g/mol. The molecule has 5 aromatic rings. The minimum absolute atomic E-state index is 0.155. The van der Waals surface area contributed by atoms with Gasteiger partial charge in [0, 0.05) is 11.8 Å². The van der Waals surface area contributed by atoms with Crippen LogP contribution in [0.15, 0.2) is 34.8 Å². The molecule has 0 aliphatic heterocycles. The molecule has 0 aromatic carbocycles. The average molecular weight is 414 g/mol. The molecule has 9 nitrogen and oxygen atoms in total. The molecule has 0 unspecified atom stereocenters. The van der Waals surface area contributed by atoms with Crippen molar-refractivity contribution in [3.8, 4) is 5.82 Å². The van der Waals surface area contributed by atoms with Gasteiger partial charge in [0.25, 0.3) is 5.56 Å². The predicted molar refractivity (Wildman–Crippen MR) is 117 cm³/mol. The van der Waals surface area contributed by atoms with E-state index in [-0.39, 0.29) is 23.5 Å². The number of aromatic nitrogens is 7. The van der Waals surface area contributed by atoms with Gasteiger partial charge in [0.15, 0.2) is 5.65 Å². The summed E-state index contributed by atoms with van der Waals surface area (Å²) in [7, 11) is 6.04. The molecule has 0 aliphatic rings. The lowest BCUT2D eigenvalue weighted by Gasteiger charge is -2.14. The maximum Gasteiger partial charge on any atom is 0.268 e. The van der Waals surface area contributed by atoms with Gasteiger partial charge in [0.2, 0.25) is 0 Å². The zero-order valence-corrected chi connectivity index (χ0v) is 17.0. The fraction of sp³-hybridized carbons (Fsp3) is 0.158. The van der Waals surface area contributed by atoms with Crippen molar-refractivity contribution in [1.82, 2.24) is 34.3 Å². The molecule has 0 saturated carbocycles. The largest absolute Gasteiger partial charge is 0.383 e. The molecule has 0 atom stereocenters. The quantitative estimate of drug-likeness (QED) is 0.438. The van der Waals surface area contributed by atoms with Gasteiger partial charge < -0.3 is 5.73 Å². The summed E-state index contributed by atoms with van der Waals surface area (Å²) in [6, 6.07) is 3.73. The van der Waals surface area contributed by atoms with Gasteiger partial charge in [-0.15, -0.1) is 11.3 Å². The van der Waals surface area contributed by atoms with Crippen LogP contribution in [0.1, 0.15) is 17.0 Å². The van der Waals surface area contributed by atoms with Crippen LogP contribution in [-0.2, 0) is 6.54 Å². The fourth-order valence-corrected chi connectivity index (χ4v) is 4.44. The maximum atomic E-state index is 13.5. The van der Waals surface area contributed by atoms with Crippen molar-refractivity contribution in [3.05, 3.63) is 57.3 Å². The maximum absolute atomic E-state index is 13.5. The number of aryl methyl sites for hydroxylation is 2. The highest BCUT2D eigenvalue weighted by molar-refractivity contribution is 7.16. The molecule has 2 radical (unpaired) electrons. The highest BCUT2D eigenvalue weighted by Gasteiger charge is 2.20. The summed E-state index contributed by atoms with van der Waals surface area (Å²) in [5.74, 6) is 1.24. The number of nitrogens with zero attached hydrogens (tertiary/aromatic N) is 7. The van der Waals surface area contributed by atoms with Crippen LogP contribution in [0.4, 0.5) is 5.82 Å². The molecule has 5 aromatic heterocycles. The van der Waals surface area contributed by atoms with E-state index in [1.54, 1.807) is 10.9 Å². The highest BCUT2D eigenvalue weighted by Crippen LogP contribution is 2.23. The van der Waals surface area contributed by atoms with Gasteiger partial charge in [-0.25, -0.2) is 29.2 Å². The Labute approximate surface area is 175 Å². The van der Waals surface area contributed by atoms with E-state index in [1.165, 1.54) is 22.2 Å². The van der Waals surface area contributed by atoms with Gasteiger partial charge in [-0.05, 0) is 36.4 Å². The first-order chi connectivity index (χ1) is 14.5. The molecule has 0 aliphatic carbocycles. The zero-order valence-electron chi connectivity index (χ0n) is 16.2. The molecule has 0 spiro atoms. The first-order valence-electron chi connectivity index (χ1n) is 9.10. The second-order valence-corrected chi connectivity index (χ2v) is 7.77. The molecule has 0 amide bonds. The number of hydrogen-bond acceptors (Lipinski definition) is 8. The standard InChI is InChI=1S/C19H15BN8OS/c1-9-4-3-5-22-16(9)28-11(25-18-12(19(28)29)10(2)7-30-18)6-27-17-13(14(20)26-27)15(21)23-8-24-17/h3-5,7-8H,6H2,1-2H3,(H2,21,23,24). The van der Waals surface area contributed by atoms with Gasteiger partial charge >= 0.3 is 0 Å². The summed E-state index contributed by atoms with van der Waals surface area (Å²) in [4.78, 5) is 31.6.